The second-order valence-electron chi connectivity index (χ2n) is 3.80. The number of hydrazone groups is 1. The van der Waals surface area contributed by atoms with Gasteiger partial charge in [-0.05, 0) is 27.7 Å². The lowest BCUT2D eigenvalue weighted by Crippen LogP contribution is -2.53. The van der Waals surface area contributed by atoms with Gasteiger partial charge in [-0.25, -0.2) is 10.2 Å². The number of nitrogens with two attached hydrogens (primary N) is 1. The molecule has 6 nitrogen and oxygen atoms in total. The van der Waals surface area contributed by atoms with Crippen LogP contribution in [0.15, 0.2) is 5.10 Å². The lowest BCUT2D eigenvalue weighted by atomic mass is 9.84. The van der Waals surface area contributed by atoms with Gasteiger partial charge < -0.3 is 15.9 Å². The van der Waals surface area contributed by atoms with E-state index in [4.69, 9.17) is 5.73 Å². The summed E-state index contributed by atoms with van der Waals surface area (Å²) in [5, 5.41) is 23.0. The second kappa shape index (κ2) is 3.93. The lowest BCUT2D eigenvalue weighted by Gasteiger charge is -2.35. The van der Waals surface area contributed by atoms with Gasteiger partial charge in [0.2, 0.25) is 0 Å². The van der Waals surface area contributed by atoms with E-state index in [0.29, 0.717) is 0 Å². The monoisotopic (exact) mass is 203 g/mol. The van der Waals surface area contributed by atoms with Crippen molar-refractivity contribution in [1.82, 2.24) is 5.43 Å². The average molecular weight is 203 g/mol. The highest BCUT2D eigenvalue weighted by atomic mass is 16.4. The first-order valence-corrected chi connectivity index (χ1v) is 4.14. The van der Waals surface area contributed by atoms with Gasteiger partial charge in [0.1, 0.15) is 5.60 Å². The Morgan fingerprint density at radius 1 is 1.36 bits per heavy atom. The Hall–Kier alpha value is -1.14. The van der Waals surface area contributed by atoms with Crippen LogP contribution in [0.3, 0.4) is 0 Å². The Balaban J connectivity index is 4.75. The summed E-state index contributed by atoms with van der Waals surface area (Å²) in [5.74, 6) is 0. The number of urea groups is 1. The Morgan fingerprint density at radius 3 is 2.07 bits per heavy atom. The summed E-state index contributed by atoms with van der Waals surface area (Å²) < 4.78 is 0. The third-order valence-electron chi connectivity index (χ3n) is 2.23. The molecule has 0 aliphatic carbocycles. The predicted octanol–water partition coefficient (Wildman–Crippen LogP) is -0.448. The molecule has 0 aromatic heterocycles. The number of carbonyl (C=O) groups excluding carboxylic acids is 1. The molecule has 0 aliphatic heterocycles. The van der Waals surface area contributed by atoms with E-state index < -0.39 is 17.2 Å². The summed E-state index contributed by atoms with van der Waals surface area (Å²) in [7, 11) is 0. The van der Waals surface area contributed by atoms with Crippen LogP contribution in [-0.4, -0.2) is 33.2 Å². The van der Waals surface area contributed by atoms with Crippen molar-refractivity contribution in [3.05, 3.63) is 0 Å². The number of amides is 2. The Bertz CT molecular complexity index is 253. The van der Waals surface area contributed by atoms with Gasteiger partial charge in [0.15, 0.2) is 0 Å². The zero-order valence-corrected chi connectivity index (χ0v) is 8.83. The number of aliphatic hydroxyl groups is 2. The molecule has 0 spiro atoms. The van der Waals surface area contributed by atoms with Crippen LogP contribution in [0.25, 0.3) is 0 Å². The van der Waals surface area contributed by atoms with Crippen molar-refractivity contribution in [1.29, 1.82) is 0 Å². The number of hydrogen-bond acceptors (Lipinski definition) is 4. The number of hydrogen-bond donors (Lipinski definition) is 4. The fraction of sp³-hybridized carbons (Fsp3) is 0.750. The van der Waals surface area contributed by atoms with E-state index in [2.05, 4.69) is 5.10 Å². The van der Waals surface area contributed by atoms with Crippen molar-refractivity contribution < 1.29 is 15.0 Å². The fourth-order valence-electron chi connectivity index (χ4n) is 0.691. The molecule has 0 heterocycles. The molecule has 14 heavy (non-hydrogen) atoms. The van der Waals surface area contributed by atoms with Crippen LogP contribution in [-0.2, 0) is 0 Å². The molecule has 0 saturated carbocycles. The van der Waals surface area contributed by atoms with E-state index in [1.807, 2.05) is 5.43 Å². The molecule has 0 aliphatic rings. The molecule has 0 radical (unpaired) electrons. The van der Waals surface area contributed by atoms with E-state index in [-0.39, 0.29) is 5.71 Å². The molecule has 0 rings (SSSR count). The van der Waals surface area contributed by atoms with Crippen LogP contribution in [0.4, 0.5) is 4.79 Å². The van der Waals surface area contributed by atoms with Crippen molar-refractivity contribution >= 4 is 11.7 Å². The number of rotatable bonds is 3. The molecular formula is C8H17N3O3. The minimum atomic E-state index is -1.53. The molecule has 0 bridgehead atoms. The first kappa shape index (κ1) is 12.9. The predicted molar refractivity (Wildman–Crippen MR) is 52.7 cm³/mol. The number of primary amides is 1. The van der Waals surface area contributed by atoms with Crippen molar-refractivity contribution in [2.75, 3.05) is 0 Å². The van der Waals surface area contributed by atoms with Crippen LogP contribution in [0, 0.1) is 0 Å². The standard InChI is InChI=1S/C8H17N3O3/c1-5(10-11-6(9)12)8(4,14)7(2,3)13/h13-14H,1-4H3,(H3,9,11,12)/b10-5+. The smallest absolute Gasteiger partial charge is 0.332 e. The fourth-order valence-corrected chi connectivity index (χ4v) is 0.691. The molecule has 1 atom stereocenters. The quantitative estimate of drug-likeness (QED) is 0.368. The summed E-state index contributed by atoms with van der Waals surface area (Å²) >= 11 is 0. The zero-order chi connectivity index (χ0) is 11.6. The molecule has 1 unspecified atom stereocenters. The summed E-state index contributed by atoms with van der Waals surface area (Å²) in [6, 6.07) is -0.823. The molecule has 0 aromatic carbocycles. The van der Waals surface area contributed by atoms with Crippen molar-refractivity contribution in [2.45, 2.75) is 38.9 Å². The van der Waals surface area contributed by atoms with Crippen LogP contribution in [0.2, 0.25) is 0 Å². The average Bonchev–Trinajstić information content (AvgIpc) is 1.97. The highest BCUT2D eigenvalue weighted by Gasteiger charge is 2.40. The van der Waals surface area contributed by atoms with Gasteiger partial charge in [0, 0.05) is 0 Å². The maximum atomic E-state index is 10.3. The van der Waals surface area contributed by atoms with Crippen LogP contribution < -0.4 is 11.2 Å². The maximum absolute atomic E-state index is 10.3. The van der Waals surface area contributed by atoms with Gasteiger partial charge in [-0.15, -0.1) is 0 Å². The van der Waals surface area contributed by atoms with Crippen molar-refractivity contribution in [3.63, 3.8) is 0 Å². The molecule has 5 N–H and O–H groups in total. The number of carbonyl (C=O) groups is 1. The number of nitrogens with zero attached hydrogens (tertiary/aromatic N) is 1. The van der Waals surface area contributed by atoms with Gasteiger partial charge in [0.25, 0.3) is 0 Å². The molecule has 0 aromatic rings. The van der Waals surface area contributed by atoms with E-state index >= 15 is 0 Å². The summed E-state index contributed by atoms with van der Waals surface area (Å²) in [6.45, 7) is 5.76. The first-order valence-electron chi connectivity index (χ1n) is 4.14. The van der Waals surface area contributed by atoms with Crippen molar-refractivity contribution in [3.8, 4) is 0 Å². The molecule has 2 amide bonds. The lowest BCUT2D eigenvalue weighted by molar-refractivity contribution is -0.0758. The maximum Gasteiger partial charge on any atom is 0.332 e. The van der Waals surface area contributed by atoms with E-state index in [1.54, 1.807) is 0 Å². The van der Waals surface area contributed by atoms with Gasteiger partial charge >= 0.3 is 6.03 Å². The van der Waals surface area contributed by atoms with Crippen LogP contribution in [0.5, 0.6) is 0 Å². The van der Waals surface area contributed by atoms with Crippen molar-refractivity contribution in [2.24, 2.45) is 10.8 Å². The normalized spacial score (nSPS) is 17.4. The van der Waals surface area contributed by atoms with Crippen LogP contribution in [0.1, 0.15) is 27.7 Å². The van der Waals surface area contributed by atoms with Gasteiger partial charge in [-0.1, -0.05) is 0 Å². The Kier molecular flexibility index (Phi) is 3.61. The highest BCUT2D eigenvalue weighted by molar-refractivity contribution is 5.91. The Labute approximate surface area is 82.8 Å². The van der Waals surface area contributed by atoms with E-state index in [1.165, 1.54) is 27.7 Å². The third kappa shape index (κ3) is 2.97. The van der Waals surface area contributed by atoms with E-state index in [9.17, 15) is 15.0 Å². The third-order valence-corrected chi connectivity index (χ3v) is 2.23. The zero-order valence-electron chi connectivity index (χ0n) is 8.83. The summed E-state index contributed by atoms with van der Waals surface area (Å²) in [5.41, 5.74) is 4.05. The molecular weight excluding hydrogens is 186 g/mol. The van der Waals surface area contributed by atoms with Gasteiger partial charge in [-0.3, -0.25) is 0 Å². The number of nitrogens with one attached hydrogen (secondary N) is 1. The Morgan fingerprint density at radius 2 is 1.79 bits per heavy atom. The molecule has 0 saturated heterocycles. The SMILES string of the molecule is C/C(=N\NC(N)=O)C(C)(O)C(C)(C)O. The van der Waals surface area contributed by atoms with Gasteiger partial charge in [0.05, 0.1) is 11.3 Å². The van der Waals surface area contributed by atoms with Crippen LogP contribution >= 0.6 is 0 Å². The van der Waals surface area contributed by atoms with Gasteiger partial charge in [-0.2, -0.15) is 5.10 Å². The first-order chi connectivity index (χ1) is 6.09. The second-order valence-corrected chi connectivity index (χ2v) is 3.80. The summed E-state index contributed by atoms with van der Waals surface area (Å²) in [6.07, 6.45) is 0. The minimum absolute atomic E-state index is 0.170. The minimum Gasteiger partial charge on any atom is -0.387 e. The molecule has 82 valence electrons. The largest absolute Gasteiger partial charge is 0.387 e. The highest BCUT2D eigenvalue weighted by Crippen LogP contribution is 2.22. The molecule has 0 fully saturated rings. The molecule has 6 heteroatoms. The summed E-state index contributed by atoms with van der Waals surface area (Å²) in [4.78, 5) is 10.3. The topological polar surface area (TPSA) is 108 Å². The van der Waals surface area contributed by atoms with E-state index in [0.717, 1.165) is 0 Å².